The lowest BCUT2D eigenvalue weighted by atomic mass is 10.2. The van der Waals surface area contributed by atoms with Gasteiger partial charge in [-0.1, -0.05) is 24.3 Å². The van der Waals surface area contributed by atoms with E-state index in [4.69, 9.17) is 0 Å². The third-order valence-corrected chi connectivity index (χ3v) is 6.21. The van der Waals surface area contributed by atoms with Gasteiger partial charge in [0.1, 0.15) is 0 Å². The van der Waals surface area contributed by atoms with Gasteiger partial charge in [-0.05, 0) is 43.0 Å². The minimum Gasteiger partial charge on any atom is -0.369 e. The molecule has 0 radical (unpaired) electrons. The lowest BCUT2D eigenvalue weighted by Gasteiger charge is -2.36. The van der Waals surface area contributed by atoms with Crippen molar-refractivity contribution in [3.8, 4) is 0 Å². The Morgan fingerprint density at radius 2 is 1.86 bits per heavy atom. The van der Waals surface area contributed by atoms with Crippen LogP contribution in [0.4, 0.5) is 5.69 Å². The highest BCUT2D eigenvalue weighted by Crippen LogP contribution is 2.15. The minimum atomic E-state index is 0. The average molecular weight is 528 g/mol. The number of likely N-dealkylation sites (N-methyl/N-ethyl adjacent to an activating group) is 1. The number of thiophene rings is 1. The largest absolute Gasteiger partial charge is 0.369 e. The molecular weight excluding hydrogens is 493 g/mol. The first-order chi connectivity index (χ1) is 13.8. The molecule has 1 aliphatic heterocycles. The fourth-order valence-electron chi connectivity index (χ4n) is 3.59. The molecule has 0 spiro atoms. The van der Waals surface area contributed by atoms with E-state index in [0.29, 0.717) is 0 Å². The van der Waals surface area contributed by atoms with E-state index in [2.05, 4.69) is 79.9 Å². The molecule has 5 nitrogen and oxygen atoms in total. The van der Waals surface area contributed by atoms with Crippen molar-refractivity contribution in [2.75, 3.05) is 64.8 Å². The van der Waals surface area contributed by atoms with E-state index < -0.39 is 0 Å². The number of para-hydroxylation sites is 1. The van der Waals surface area contributed by atoms with Crippen LogP contribution < -0.4 is 10.2 Å². The summed E-state index contributed by atoms with van der Waals surface area (Å²) < 4.78 is 0. The second-order valence-corrected chi connectivity index (χ2v) is 8.27. The number of nitrogens with one attached hydrogen (secondary N) is 1. The van der Waals surface area contributed by atoms with Gasteiger partial charge >= 0.3 is 0 Å². The number of hydrogen-bond acceptors (Lipinski definition) is 4. The van der Waals surface area contributed by atoms with Crippen molar-refractivity contribution in [3.05, 3.63) is 52.7 Å². The van der Waals surface area contributed by atoms with E-state index in [-0.39, 0.29) is 24.0 Å². The van der Waals surface area contributed by atoms with Crippen molar-refractivity contribution in [2.45, 2.75) is 12.8 Å². The van der Waals surface area contributed by atoms with E-state index >= 15 is 0 Å². The van der Waals surface area contributed by atoms with Gasteiger partial charge in [-0.2, -0.15) is 0 Å². The van der Waals surface area contributed by atoms with Crippen molar-refractivity contribution in [3.63, 3.8) is 0 Å². The highest BCUT2D eigenvalue weighted by atomic mass is 127. The Hall–Kier alpha value is -1.32. The zero-order chi connectivity index (χ0) is 19.6. The highest BCUT2D eigenvalue weighted by Gasteiger charge is 2.16. The zero-order valence-corrected chi connectivity index (χ0v) is 20.7. The third kappa shape index (κ3) is 7.79. The molecule has 7 heteroatoms. The maximum absolute atomic E-state index is 4.43. The number of piperazine rings is 1. The fraction of sp³-hybridized carbons (Fsp3) is 0.500. The lowest BCUT2D eigenvalue weighted by Crippen LogP contribution is -2.47. The Balaban J connectivity index is 0.00000300. The van der Waals surface area contributed by atoms with Gasteiger partial charge in [0.15, 0.2) is 5.96 Å². The second-order valence-electron chi connectivity index (χ2n) is 7.24. The molecule has 29 heavy (non-hydrogen) atoms. The Labute approximate surface area is 196 Å². The van der Waals surface area contributed by atoms with Gasteiger partial charge in [-0.15, -0.1) is 35.3 Å². The summed E-state index contributed by atoms with van der Waals surface area (Å²) >= 11 is 1.82. The topological polar surface area (TPSA) is 34.1 Å². The molecule has 0 saturated carbocycles. The molecule has 1 aromatic heterocycles. The highest BCUT2D eigenvalue weighted by molar-refractivity contribution is 14.0. The van der Waals surface area contributed by atoms with Crippen LogP contribution in [0.2, 0.25) is 0 Å². The predicted octanol–water partition coefficient (Wildman–Crippen LogP) is 3.63. The van der Waals surface area contributed by atoms with Crippen molar-refractivity contribution >= 4 is 47.0 Å². The molecule has 0 unspecified atom stereocenters. The quantitative estimate of drug-likeness (QED) is 0.246. The Kier molecular flexibility index (Phi) is 10.8. The van der Waals surface area contributed by atoms with Gasteiger partial charge < -0.3 is 15.1 Å². The predicted molar refractivity (Wildman–Crippen MR) is 137 cm³/mol. The molecule has 1 saturated heterocycles. The molecule has 1 aromatic carbocycles. The fourth-order valence-corrected chi connectivity index (χ4v) is 4.29. The standard InChI is InChI=1S/C22H33N5S.HI/c1-23-22(25(2)14-11-21-10-6-19-28-21)24-12-7-13-26-15-17-27(18-16-26)20-8-4-3-5-9-20;/h3-6,8-10,19H,7,11-18H2,1-2H3,(H,23,24);1H. The Bertz CT molecular complexity index is 699. The summed E-state index contributed by atoms with van der Waals surface area (Å²) in [4.78, 5) is 13.1. The molecule has 0 aliphatic carbocycles. The van der Waals surface area contributed by atoms with Crippen LogP contribution >= 0.6 is 35.3 Å². The van der Waals surface area contributed by atoms with Crippen LogP contribution in [0.15, 0.2) is 52.8 Å². The number of aliphatic imine (C=N–C) groups is 1. The van der Waals surface area contributed by atoms with Crippen LogP contribution in [0.3, 0.4) is 0 Å². The van der Waals surface area contributed by atoms with Crippen LogP contribution in [-0.4, -0.2) is 75.7 Å². The summed E-state index contributed by atoms with van der Waals surface area (Å²) in [5.41, 5.74) is 1.35. The van der Waals surface area contributed by atoms with E-state index in [9.17, 15) is 0 Å². The van der Waals surface area contributed by atoms with Crippen LogP contribution in [0.5, 0.6) is 0 Å². The molecular formula is C22H34IN5S. The van der Waals surface area contributed by atoms with Crippen LogP contribution in [0, 0.1) is 0 Å². The van der Waals surface area contributed by atoms with Gasteiger partial charge in [0.25, 0.3) is 0 Å². The summed E-state index contributed by atoms with van der Waals surface area (Å²) in [6.45, 7) is 7.62. The molecule has 1 aliphatic rings. The van der Waals surface area contributed by atoms with E-state index in [1.807, 2.05) is 18.4 Å². The van der Waals surface area contributed by atoms with Gasteiger partial charge in [0.2, 0.25) is 0 Å². The molecule has 2 heterocycles. The maximum Gasteiger partial charge on any atom is 0.193 e. The normalized spacial score (nSPS) is 15.1. The van der Waals surface area contributed by atoms with Crippen molar-refractivity contribution < 1.29 is 0 Å². The van der Waals surface area contributed by atoms with Gasteiger partial charge in [0, 0.05) is 63.9 Å². The average Bonchev–Trinajstić information content (AvgIpc) is 3.27. The first-order valence-corrected chi connectivity index (χ1v) is 11.1. The first-order valence-electron chi connectivity index (χ1n) is 10.2. The number of benzene rings is 1. The van der Waals surface area contributed by atoms with Crippen molar-refractivity contribution in [2.24, 2.45) is 4.99 Å². The number of hydrogen-bond donors (Lipinski definition) is 1. The number of anilines is 1. The number of nitrogens with zero attached hydrogens (tertiary/aromatic N) is 4. The Morgan fingerprint density at radius 1 is 1.10 bits per heavy atom. The maximum atomic E-state index is 4.43. The molecule has 1 fully saturated rings. The van der Waals surface area contributed by atoms with Gasteiger partial charge in [0.05, 0.1) is 0 Å². The molecule has 0 amide bonds. The second kappa shape index (κ2) is 13.1. The SMILES string of the molecule is CN=C(NCCCN1CCN(c2ccccc2)CC1)N(C)CCc1cccs1.I. The molecule has 0 atom stereocenters. The van der Waals surface area contributed by atoms with E-state index in [1.54, 1.807) is 0 Å². The third-order valence-electron chi connectivity index (χ3n) is 5.27. The number of halogens is 1. The van der Waals surface area contributed by atoms with E-state index in [1.165, 1.54) is 10.6 Å². The van der Waals surface area contributed by atoms with Gasteiger partial charge in [-0.3, -0.25) is 9.89 Å². The summed E-state index contributed by atoms with van der Waals surface area (Å²) in [5, 5.41) is 5.66. The number of rotatable bonds is 8. The summed E-state index contributed by atoms with van der Waals surface area (Å²) in [5.74, 6) is 0.991. The lowest BCUT2D eigenvalue weighted by molar-refractivity contribution is 0.255. The number of guanidine groups is 1. The minimum absolute atomic E-state index is 0. The molecule has 160 valence electrons. The summed E-state index contributed by atoms with van der Waals surface area (Å²) in [6.07, 6.45) is 2.21. The first kappa shape index (κ1) is 24.0. The van der Waals surface area contributed by atoms with Crippen LogP contribution in [-0.2, 0) is 6.42 Å². The zero-order valence-electron chi connectivity index (χ0n) is 17.6. The van der Waals surface area contributed by atoms with Crippen molar-refractivity contribution in [1.29, 1.82) is 0 Å². The monoisotopic (exact) mass is 527 g/mol. The Morgan fingerprint density at radius 3 is 2.52 bits per heavy atom. The molecule has 1 N–H and O–H groups in total. The van der Waals surface area contributed by atoms with Gasteiger partial charge in [-0.25, -0.2) is 0 Å². The molecule has 3 rings (SSSR count). The van der Waals surface area contributed by atoms with Crippen LogP contribution in [0.1, 0.15) is 11.3 Å². The van der Waals surface area contributed by atoms with E-state index in [0.717, 1.165) is 64.6 Å². The van der Waals surface area contributed by atoms with Crippen LogP contribution in [0.25, 0.3) is 0 Å². The summed E-state index contributed by atoms with van der Waals surface area (Å²) in [7, 11) is 3.98. The smallest absolute Gasteiger partial charge is 0.193 e. The summed E-state index contributed by atoms with van der Waals surface area (Å²) in [6, 6.07) is 15.1. The molecule has 0 bridgehead atoms. The molecule has 2 aromatic rings. The van der Waals surface area contributed by atoms with Crippen molar-refractivity contribution in [1.82, 2.24) is 15.1 Å².